The number of H-pyrrole nitrogens is 1. The molecule has 2 aliphatic heterocycles. The summed E-state index contributed by atoms with van der Waals surface area (Å²) >= 11 is 0. The van der Waals surface area contributed by atoms with Crippen LogP contribution < -0.4 is 4.90 Å². The fraction of sp³-hybridized carbons (Fsp3) is 0.406. The number of nitrogens with one attached hydrogen (secondary N) is 2. The molecule has 232 valence electrons. The first kappa shape index (κ1) is 30.9. The number of nitrogens with zero attached hydrogens (tertiary/aromatic N) is 6. The number of aromatic nitrogens is 3. The molecule has 1 saturated heterocycles. The van der Waals surface area contributed by atoms with E-state index in [1.807, 2.05) is 33.0 Å². The fourth-order valence-corrected chi connectivity index (χ4v) is 5.31. The third-order valence-electron chi connectivity index (χ3n) is 7.81. The molecular weight excluding hydrogens is 563 g/mol. The molecular formula is C32H39FN8O3. The van der Waals surface area contributed by atoms with Crippen LogP contribution in [0.3, 0.4) is 0 Å². The van der Waals surface area contributed by atoms with E-state index in [2.05, 4.69) is 35.8 Å². The molecule has 2 aromatic heterocycles. The van der Waals surface area contributed by atoms with Crippen LogP contribution in [0.2, 0.25) is 0 Å². The number of carbonyl (C=O) groups is 1. The third-order valence-corrected chi connectivity index (χ3v) is 7.81. The van der Waals surface area contributed by atoms with E-state index in [1.165, 1.54) is 12.1 Å². The summed E-state index contributed by atoms with van der Waals surface area (Å²) in [5.41, 5.74) is 2.17. The Morgan fingerprint density at radius 3 is 2.32 bits per heavy atom. The van der Waals surface area contributed by atoms with Gasteiger partial charge in [-0.25, -0.2) is 24.1 Å². The average molecular weight is 603 g/mol. The van der Waals surface area contributed by atoms with Gasteiger partial charge in [0, 0.05) is 63.4 Å². The molecule has 0 unspecified atom stereocenters. The Morgan fingerprint density at radius 1 is 1.05 bits per heavy atom. The number of aliphatic imine (C=N–C) groups is 1. The summed E-state index contributed by atoms with van der Waals surface area (Å²) in [6.45, 7) is 10.9. The van der Waals surface area contributed by atoms with E-state index in [9.17, 15) is 14.3 Å². The van der Waals surface area contributed by atoms with Crippen molar-refractivity contribution in [3.63, 3.8) is 0 Å². The van der Waals surface area contributed by atoms with Gasteiger partial charge in [0.05, 0.1) is 5.69 Å². The number of benzene rings is 1. The molecule has 4 heterocycles. The lowest BCUT2D eigenvalue weighted by Gasteiger charge is -2.36. The van der Waals surface area contributed by atoms with Crippen LogP contribution in [0.5, 0.6) is 0 Å². The largest absolute Gasteiger partial charge is 0.444 e. The molecule has 1 fully saturated rings. The number of piperazine rings is 1. The van der Waals surface area contributed by atoms with Crippen molar-refractivity contribution < 1.29 is 19.0 Å². The van der Waals surface area contributed by atoms with Crippen molar-refractivity contribution >= 4 is 29.8 Å². The van der Waals surface area contributed by atoms with Crippen LogP contribution in [-0.4, -0.2) is 93.0 Å². The summed E-state index contributed by atoms with van der Waals surface area (Å²) in [5.74, 6) is 0.876. The molecule has 0 aliphatic carbocycles. The minimum Gasteiger partial charge on any atom is -0.444 e. The predicted octanol–water partition coefficient (Wildman–Crippen LogP) is 4.40. The minimum atomic E-state index is -1.36. The van der Waals surface area contributed by atoms with Gasteiger partial charge in [-0.1, -0.05) is 18.2 Å². The maximum atomic E-state index is 13.4. The normalized spacial score (nSPS) is 17.6. The third kappa shape index (κ3) is 6.96. The van der Waals surface area contributed by atoms with Crippen molar-refractivity contribution in [1.29, 1.82) is 5.41 Å². The Labute approximate surface area is 256 Å². The highest BCUT2D eigenvalue weighted by Gasteiger charge is 2.29. The lowest BCUT2D eigenvalue weighted by Crippen LogP contribution is -2.49. The van der Waals surface area contributed by atoms with Gasteiger partial charge in [0.15, 0.2) is 5.84 Å². The monoisotopic (exact) mass is 602 g/mol. The van der Waals surface area contributed by atoms with Crippen molar-refractivity contribution in [3.05, 3.63) is 83.2 Å². The molecule has 0 saturated carbocycles. The van der Waals surface area contributed by atoms with Crippen LogP contribution in [0, 0.1) is 11.2 Å². The van der Waals surface area contributed by atoms with Crippen LogP contribution in [0.4, 0.5) is 15.1 Å². The molecule has 11 nitrogen and oxygen atoms in total. The van der Waals surface area contributed by atoms with Gasteiger partial charge in [-0.3, -0.25) is 5.41 Å². The molecule has 1 atom stereocenters. The number of hydrogen-bond donors (Lipinski definition) is 3. The van der Waals surface area contributed by atoms with Crippen LogP contribution in [0.1, 0.15) is 56.5 Å². The standard InChI is InChI=1S/C32H39FN8O3/c1-31(2,3)44-30(42)41-11-9-22(10-12-41)23-17-27(35-18-23)28(38-21-34)39-13-15-40(16-14-39)29-36-19-25(20-37-29)32(4,43)24-5-7-26(33)8-6-24/h5-9,17-21,34-35,43H,10-16H2,1-4H3/b34-21?,38-28+/t32-/m0/s1. The van der Waals surface area contributed by atoms with E-state index in [4.69, 9.17) is 10.1 Å². The summed E-state index contributed by atoms with van der Waals surface area (Å²) in [7, 11) is 0. The lowest BCUT2D eigenvalue weighted by atomic mass is 9.90. The van der Waals surface area contributed by atoms with Crippen molar-refractivity contribution in [3.8, 4) is 0 Å². The zero-order valence-electron chi connectivity index (χ0n) is 25.5. The quantitative estimate of drug-likeness (QED) is 0.281. The fourth-order valence-electron chi connectivity index (χ4n) is 5.31. The van der Waals surface area contributed by atoms with Gasteiger partial charge in [-0.05, 0) is 69.0 Å². The number of carbonyl (C=O) groups excluding carboxylic acids is 1. The van der Waals surface area contributed by atoms with Crippen molar-refractivity contribution in [2.24, 2.45) is 4.99 Å². The first-order valence-corrected chi connectivity index (χ1v) is 14.7. The Bertz CT molecular complexity index is 1530. The van der Waals surface area contributed by atoms with E-state index < -0.39 is 11.2 Å². The Hall–Kier alpha value is -4.58. The SMILES string of the molecule is CC(C)(C)OC(=O)N1CC=C(c2c[nH]c(/C(=N\C=N)N3CCN(c4ncc([C@@](C)(O)c5ccc(F)cc5)cn4)CC3)c2)CC1. The van der Waals surface area contributed by atoms with E-state index >= 15 is 0 Å². The first-order chi connectivity index (χ1) is 20.9. The second-order valence-corrected chi connectivity index (χ2v) is 12.1. The average Bonchev–Trinajstić information content (AvgIpc) is 3.50. The van der Waals surface area contributed by atoms with Crippen molar-refractivity contribution in [2.45, 2.75) is 45.3 Å². The summed E-state index contributed by atoms with van der Waals surface area (Å²) in [6.07, 6.45) is 8.66. The van der Waals surface area contributed by atoms with Gasteiger partial charge in [-0.15, -0.1) is 0 Å². The van der Waals surface area contributed by atoms with Crippen LogP contribution in [0.15, 0.2) is 60.0 Å². The smallest absolute Gasteiger partial charge is 0.410 e. The minimum absolute atomic E-state index is 0.305. The summed E-state index contributed by atoms with van der Waals surface area (Å²) in [6, 6.07) is 7.78. The number of ether oxygens (including phenoxy) is 1. The number of rotatable bonds is 6. The van der Waals surface area contributed by atoms with Gasteiger partial charge >= 0.3 is 6.09 Å². The molecule has 3 N–H and O–H groups in total. The second-order valence-electron chi connectivity index (χ2n) is 12.1. The number of anilines is 1. The number of amides is 1. The van der Waals surface area contributed by atoms with Crippen molar-refractivity contribution in [1.82, 2.24) is 24.8 Å². The molecule has 0 spiro atoms. The van der Waals surface area contributed by atoms with Gasteiger partial charge in [-0.2, -0.15) is 0 Å². The topological polar surface area (TPSA) is 134 Å². The van der Waals surface area contributed by atoms with E-state index in [0.29, 0.717) is 68.6 Å². The van der Waals surface area contributed by atoms with E-state index in [0.717, 1.165) is 23.2 Å². The molecule has 1 aromatic carbocycles. The summed E-state index contributed by atoms with van der Waals surface area (Å²) < 4.78 is 18.9. The summed E-state index contributed by atoms with van der Waals surface area (Å²) in [4.78, 5) is 35.1. The van der Waals surface area contributed by atoms with E-state index in [1.54, 1.807) is 36.4 Å². The molecule has 0 radical (unpaired) electrons. The molecule has 3 aromatic rings. The van der Waals surface area contributed by atoms with Crippen LogP contribution in [-0.2, 0) is 10.3 Å². The number of hydrogen-bond acceptors (Lipinski definition) is 7. The molecule has 1 amide bonds. The first-order valence-electron chi connectivity index (χ1n) is 14.7. The molecule has 2 aliphatic rings. The van der Waals surface area contributed by atoms with E-state index in [-0.39, 0.29) is 11.9 Å². The number of aliphatic hydroxyl groups is 1. The predicted molar refractivity (Wildman–Crippen MR) is 167 cm³/mol. The zero-order chi connectivity index (χ0) is 31.5. The van der Waals surface area contributed by atoms with Gasteiger partial charge in [0.25, 0.3) is 0 Å². The number of aromatic amines is 1. The van der Waals surface area contributed by atoms with Crippen LogP contribution in [0.25, 0.3) is 5.57 Å². The second kappa shape index (κ2) is 12.6. The highest BCUT2D eigenvalue weighted by molar-refractivity contribution is 6.01. The Kier molecular flexibility index (Phi) is 8.82. The van der Waals surface area contributed by atoms with Crippen molar-refractivity contribution in [2.75, 3.05) is 44.2 Å². The molecule has 44 heavy (non-hydrogen) atoms. The van der Waals surface area contributed by atoms with Gasteiger partial charge in [0.1, 0.15) is 23.4 Å². The highest BCUT2D eigenvalue weighted by Crippen LogP contribution is 2.29. The summed E-state index contributed by atoms with van der Waals surface area (Å²) in [5, 5.41) is 18.7. The van der Waals surface area contributed by atoms with Crippen LogP contribution >= 0.6 is 0 Å². The Morgan fingerprint density at radius 2 is 1.73 bits per heavy atom. The molecule has 12 heteroatoms. The number of amidine groups is 1. The maximum Gasteiger partial charge on any atom is 0.410 e. The Balaban J connectivity index is 1.21. The lowest BCUT2D eigenvalue weighted by molar-refractivity contribution is 0.0270. The maximum absolute atomic E-state index is 13.4. The molecule has 5 rings (SSSR count). The molecule has 0 bridgehead atoms. The highest BCUT2D eigenvalue weighted by atomic mass is 19.1. The van der Waals surface area contributed by atoms with Gasteiger partial charge in [0.2, 0.25) is 5.95 Å². The van der Waals surface area contributed by atoms with Gasteiger partial charge < -0.3 is 29.5 Å². The number of halogens is 1. The zero-order valence-corrected chi connectivity index (χ0v) is 25.5.